The van der Waals surface area contributed by atoms with Crippen molar-refractivity contribution >= 4 is 5.97 Å². The Hall–Kier alpha value is -0.830. The molecule has 4 rings (SSSR count). The predicted octanol–water partition coefficient (Wildman–Crippen LogP) is 3.58. The van der Waals surface area contributed by atoms with Gasteiger partial charge in [-0.25, -0.2) is 0 Å². The smallest absolute Gasteiger partial charge is 0.313 e. The van der Waals surface area contributed by atoms with E-state index in [1.165, 1.54) is 0 Å². The van der Waals surface area contributed by atoms with E-state index >= 15 is 0 Å². The Morgan fingerprint density at radius 1 is 1.36 bits per heavy atom. The van der Waals surface area contributed by atoms with E-state index in [-0.39, 0.29) is 16.8 Å². The van der Waals surface area contributed by atoms with Gasteiger partial charge < -0.3 is 9.47 Å². The second-order valence-electron chi connectivity index (χ2n) is 8.14. The summed E-state index contributed by atoms with van der Waals surface area (Å²) in [6.45, 7) is 5.02. The number of carbonyl (C=O) groups is 1. The maximum atomic E-state index is 13.2. The van der Waals surface area contributed by atoms with Crippen LogP contribution in [-0.4, -0.2) is 25.8 Å². The molecule has 0 spiro atoms. The van der Waals surface area contributed by atoms with Crippen LogP contribution < -0.4 is 0 Å². The van der Waals surface area contributed by atoms with Crippen molar-refractivity contribution < 1.29 is 14.3 Å². The molecule has 0 N–H and O–H groups in total. The molecule has 3 fully saturated rings. The van der Waals surface area contributed by atoms with E-state index in [0.717, 1.165) is 32.1 Å². The summed E-state index contributed by atoms with van der Waals surface area (Å²) in [5, 5.41) is 0. The quantitative estimate of drug-likeness (QED) is 0.337. The monoisotopic (exact) mass is 304 g/mol. The van der Waals surface area contributed by atoms with Crippen LogP contribution in [0.5, 0.6) is 0 Å². The first kappa shape index (κ1) is 14.7. The minimum atomic E-state index is -0.264. The predicted molar refractivity (Wildman–Crippen MR) is 84.2 cm³/mol. The molecule has 4 aliphatic rings. The number of unbranched alkanes of at least 4 members (excludes halogenated alkanes) is 1. The fourth-order valence-electron chi connectivity index (χ4n) is 6.64. The maximum Gasteiger partial charge on any atom is 0.313 e. The molecule has 4 aliphatic carbocycles. The summed E-state index contributed by atoms with van der Waals surface area (Å²) < 4.78 is 11.5. The Labute approximate surface area is 133 Å². The molecule has 0 heterocycles. The SMILES string of the molecule is CCCCOC(=O)C12C3CC(OC)C(C3)C1C1C=CC2(C)C1. The lowest BCUT2D eigenvalue weighted by molar-refractivity contribution is -0.173. The van der Waals surface area contributed by atoms with Crippen molar-refractivity contribution in [3.63, 3.8) is 0 Å². The Balaban J connectivity index is 1.69. The average Bonchev–Trinajstić information content (AvgIpc) is 3.22. The van der Waals surface area contributed by atoms with E-state index in [4.69, 9.17) is 9.47 Å². The Morgan fingerprint density at radius 2 is 2.18 bits per heavy atom. The molecule has 0 aromatic heterocycles. The molecule has 0 aliphatic heterocycles. The van der Waals surface area contributed by atoms with Crippen molar-refractivity contribution in [2.75, 3.05) is 13.7 Å². The number of hydrogen-bond acceptors (Lipinski definition) is 3. The van der Waals surface area contributed by atoms with Gasteiger partial charge in [0.15, 0.2) is 0 Å². The second kappa shape index (κ2) is 4.83. The zero-order valence-corrected chi connectivity index (χ0v) is 14.0. The van der Waals surface area contributed by atoms with E-state index in [1.54, 1.807) is 0 Å². The van der Waals surface area contributed by atoms with E-state index in [1.807, 2.05) is 7.11 Å². The number of allylic oxidation sites excluding steroid dienone is 2. The normalized spacial score (nSPS) is 50.6. The van der Waals surface area contributed by atoms with Gasteiger partial charge in [-0.3, -0.25) is 4.79 Å². The standard InChI is InChI=1S/C19H28O3/c1-4-5-8-22-17(20)19-13-9-14(15(10-13)21-3)16(19)12-6-7-18(19,2)11-12/h6-7,12-16H,4-5,8-11H2,1-3H3. The molecule has 0 aromatic rings. The summed E-state index contributed by atoms with van der Waals surface area (Å²) in [5.41, 5.74) is -0.260. The van der Waals surface area contributed by atoms with Crippen LogP contribution in [-0.2, 0) is 14.3 Å². The average molecular weight is 304 g/mol. The molecular weight excluding hydrogens is 276 g/mol. The minimum absolute atomic E-state index is 0.00373. The van der Waals surface area contributed by atoms with Crippen LogP contribution >= 0.6 is 0 Å². The third kappa shape index (κ3) is 1.54. The summed E-state index contributed by atoms with van der Waals surface area (Å²) in [4.78, 5) is 13.2. The summed E-state index contributed by atoms with van der Waals surface area (Å²) in [6, 6.07) is 0. The van der Waals surface area contributed by atoms with Gasteiger partial charge in [-0.15, -0.1) is 0 Å². The lowest BCUT2D eigenvalue weighted by atomic mass is 9.55. The van der Waals surface area contributed by atoms with Gasteiger partial charge in [0.2, 0.25) is 0 Å². The number of hydrogen-bond donors (Lipinski definition) is 0. The highest BCUT2D eigenvalue weighted by Crippen LogP contribution is 2.77. The highest BCUT2D eigenvalue weighted by atomic mass is 16.5. The van der Waals surface area contributed by atoms with E-state index in [0.29, 0.717) is 36.4 Å². The molecule has 3 nitrogen and oxygen atoms in total. The Morgan fingerprint density at radius 3 is 2.91 bits per heavy atom. The Bertz CT molecular complexity index is 513. The van der Waals surface area contributed by atoms with Gasteiger partial charge in [-0.05, 0) is 49.4 Å². The fourth-order valence-corrected chi connectivity index (χ4v) is 6.64. The second-order valence-corrected chi connectivity index (χ2v) is 8.14. The third-order valence-electron chi connectivity index (χ3n) is 7.33. The lowest BCUT2D eigenvalue weighted by Gasteiger charge is -2.49. The zero-order chi connectivity index (χ0) is 15.5. The zero-order valence-electron chi connectivity index (χ0n) is 14.0. The first-order valence-electron chi connectivity index (χ1n) is 8.98. The number of esters is 1. The molecule has 0 amide bonds. The molecule has 0 aromatic carbocycles. The van der Waals surface area contributed by atoms with E-state index in [9.17, 15) is 4.79 Å². The van der Waals surface area contributed by atoms with Crippen LogP contribution in [0.1, 0.15) is 46.0 Å². The number of rotatable bonds is 5. The minimum Gasteiger partial charge on any atom is -0.465 e. The fraction of sp³-hybridized carbons (Fsp3) is 0.842. The summed E-state index contributed by atoms with van der Waals surface area (Å²) in [6.07, 6.45) is 10.4. The van der Waals surface area contributed by atoms with Gasteiger partial charge in [0.1, 0.15) is 0 Å². The first-order valence-corrected chi connectivity index (χ1v) is 8.98. The molecule has 3 heteroatoms. The molecule has 0 radical (unpaired) electrons. The van der Waals surface area contributed by atoms with Gasteiger partial charge in [0.05, 0.1) is 18.1 Å². The van der Waals surface area contributed by atoms with Crippen molar-refractivity contribution in [1.82, 2.24) is 0 Å². The number of methoxy groups -OCH3 is 1. The number of fused-ring (bicyclic) bond motifs is 9. The molecule has 7 unspecified atom stereocenters. The summed E-state index contributed by atoms with van der Waals surface area (Å²) >= 11 is 0. The van der Waals surface area contributed by atoms with Gasteiger partial charge in [0.25, 0.3) is 0 Å². The molecular formula is C19H28O3. The summed E-state index contributed by atoms with van der Waals surface area (Å²) in [7, 11) is 1.83. The molecule has 4 bridgehead atoms. The van der Waals surface area contributed by atoms with Crippen molar-refractivity contribution in [2.45, 2.75) is 52.1 Å². The molecule has 122 valence electrons. The van der Waals surface area contributed by atoms with Crippen LogP contribution in [0, 0.1) is 34.5 Å². The van der Waals surface area contributed by atoms with E-state index < -0.39 is 0 Å². The molecule has 22 heavy (non-hydrogen) atoms. The van der Waals surface area contributed by atoms with Crippen molar-refractivity contribution in [3.8, 4) is 0 Å². The topological polar surface area (TPSA) is 35.5 Å². The highest BCUT2D eigenvalue weighted by molar-refractivity contribution is 5.82. The van der Waals surface area contributed by atoms with Crippen molar-refractivity contribution in [3.05, 3.63) is 12.2 Å². The van der Waals surface area contributed by atoms with Crippen molar-refractivity contribution in [1.29, 1.82) is 0 Å². The third-order valence-corrected chi connectivity index (χ3v) is 7.33. The number of carbonyl (C=O) groups excluding carboxylic acids is 1. The van der Waals surface area contributed by atoms with Gasteiger partial charge in [-0.1, -0.05) is 32.4 Å². The molecule has 7 atom stereocenters. The Kier molecular flexibility index (Phi) is 3.24. The van der Waals surface area contributed by atoms with E-state index in [2.05, 4.69) is 26.0 Å². The van der Waals surface area contributed by atoms with Crippen LogP contribution in [0.25, 0.3) is 0 Å². The maximum absolute atomic E-state index is 13.2. The van der Waals surface area contributed by atoms with Crippen LogP contribution in [0.3, 0.4) is 0 Å². The van der Waals surface area contributed by atoms with Gasteiger partial charge in [-0.2, -0.15) is 0 Å². The van der Waals surface area contributed by atoms with Crippen LogP contribution in [0.15, 0.2) is 12.2 Å². The van der Waals surface area contributed by atoms with Gasteiger partial charge >= 0.3 is 5.97 Å². The van der Waals surface area contributed by atoms with Crippen molar-refractivity contribution in [2.24, 2.45) is 34.5 Å². The molecule has 3 saturated carbocycles. The highest BCUT2D eigenvalue weighted by Gasteiger charge is 2.77. The number of ether oxygens (including phenoxy) is 2. The van der Waals surface area contributed by atoms with Crippen LogP contribution in [0.4, 0.5) is 0 Å². The lowest BCUT2D eigenvalue weighted by Crippen LogP contribution is -2.54. The molecule has 0 saturated heterocycles. The van der Waals surface area contributed by atoms with Crippen LogP contribution in [0.2, 0.25) is 0 Å². The largest absolute Gasteiger partial charge is 0.465 e. The summed E-state index contributed by atoms with van der Waals surface area (Å²) in [5.74, 6) is 2.09. The first-order chi connectivity index (χ1) is 10.6. The van der Waals surface area contributed by atoms with Gasteiger partial charge in [0, 0.05) is 12.5 Å².